The second kappa shape index (κ2) is 31.8. The molecule has 0 aromatic heterocycles. The van der Waals surface area contributed by atoms with Crippen LogP contribution in [-0.4, -0.2) is 149 Å². The molecule has 0 radical (unpaired) electrons. The predicted octanol–water partition coefficient (Wildman–Crippen LogP) is -4.98. The first-order valence-corrected chi connectivity index (χ1v) is 21.3. The molecule has 0 bridgehead atoms. The van der Waals surface area contributed by atoms with Gasteiger partial charge in [0.2, 0.25) is 41.4 Å². The quantitative estimate of drug-likeness (QED) is 0.0191. The molecule has 0 aliphatic rings. The first kappa shape index (κ1) is 59.9. The summed E-state index contributed by atoms with van der Waals surface area (Å²) in [7, 11) is 0. The third-order valence-electron chi connectivity index (χ3n) is 9.60. The minimum Gasteiger partial charge on any atom is -0.481 e. The smallest absolute Gasteiger partial charge is 0.326 e. The molecule has 0 fully saturated rings. The number of rotatable bonds is 31. The van der Waals surface area contributed by atoms with Crippen molar-refractivity contribution in [1.82, 2.24) is 37.2 Å². The monoisotopic (exact) mass is 1000 g/mol. The number of halogens is 1. The number of nitrogens with zero attached hydrogens (tertiary/aromatic N) is 2. The Morgan fingerprint density at radius 3 is 1.30 bits per heavy atom. The Bertz CT molecular complexity index is 2160. The van der Waals surface area contributed by atoms with Gasteiger partial charge in [-0.3, -0.25) is 53.1 Å². The molecule has 0 spiro atoms. The first-order chi connectivity index (χ1) is 32.6. The molecule has 0 heterocycles. The highest BCUT2D eigenvalue weighted by Gasteiger charge is 2.32. The largest absolute Gasteiger partial charge is 0.481 e. The number of carboxylic acid groups (broad SMARTS) is 3. The van der Waals surface area contributed by atoms with Gasteiger partial charge in [-0.05, 0) is 36.8 Å². The molecule has 384 valence electrons. The second-order valence-corrected chi connectivity index (χ2v) is 15.3. The van der Waals surface area contributed by atoms with Crippen LogP contribution in [0, 0.1) is 0 Å². The number of carbonyl (C=O) groups excluding carboxylic acids is 7. The normalized spacial score (nSPS) is 13.0. The van der Waals surface area contributed by atoms with Gasteiger partial charge in [-0.15, -0.1) is 12.4 Å². The van der Waals surface area contributed by atoms with E-state index in [0.717, 1.165) is 0 Å². The number of carboxylic acids is 3. The van der Waals surface area contributed by atoms with Crippen LogP contribution >= 0.6 is 12.4 Å². The molecule has 2 rings (SSSR count). The van der Waals surface area contributed by atoms with Gasteiger partial charge in [-0.25, -0.2) is 4.79 Å². The van der Waals surface area contributed by atoms with Crippen LogP contribution in [0.1, 0.15) is 49.7 Å². The van der Waals surface area contributed by atoms with Gasteiger partial charge >= 0.3 is 17.9 Å². The van der Waals surface area contributed by atoms with E-state index in [1.54, 1.807) is 60.7 Å². The Kier molecular flexibility index (Phi) is 27.2. The Balaban J connectivity index is 0.0000245. The number of amides is 7. The number of guanidine groups is 2. The standard InChI is InChI=1S/C42H60N14O13.ClH/c43-25(13-7-15-48-41(44)45)35(63)50-21-31(57)52-28(19-33(59)60)38(66)55-27(17-23-9-3-1-4-10-23)37(65)54-26(14-8-16-49-42(46)47)36(64)51-22-32(58)53-29(20-34(61)62)39(67)56-30(40(68)69)18-24-11-5-2-6-12-24;/h1-6,9-12,25-30H,7-8,13-22,43H2,(H,50,63)(H,51,64)(H,52,57)(H,53,58)(H,54,65)(H,55,66)(H,56,67)(H,59,60)(H,61,62)(H,68,69)(H4,44,45,48)(H4,46,47,49);1H/t25-,26-,27-,28-,29-,30-;/m0./s1. The average molecular weight is 1010 g/mol. The fourth-order valence-electron chi connectivity index (χ4n) is 6.20. The van der Waals surface area contributed by atoms with Crippen LogP contribution in [0.15, 0.2) is 70.6 Å². The maximum absolute atomic E-state index is 14.0. The highest BCUT2D eigenvalue weighted by Crippen LogP contribution is 2.09. The van der Waals surface area contributed by atoms with Gasteiger partial charge in [0.1, 0.15) is 30.2 Å². The first-order valence-electron chi connectivity index (χ1n) is 21.3. The van der Waals surface area contributed by atoms with Crippen molar-refractivity contribution in [3.63, 3.8) is 0 Å². The van der Waals surface area contributed by atoms with E-state index in [-0.39, 0.29) is 69.5 Å². The maximum Gasteiger partial charge on any atom is 0.326 e. The molecule has 6 atom stereocenters. The number of benzene rings is 2. The van der Waals surface area contributed by atoms with Gasteiger partial charge in [-0.2, -0.15) is 0 Å². The van der Waals surface area contributed by atoms with Crippen molar-refractivity contribution in [2.24, 2.45) is 38.7 Å². The summed E-state index contributed by atoms with van der Waals surface area (Å²) in [5, 5.41) is 44.8. The molecule has 27 nitrogen and oxygen atoms in total. The molecule has 2 aromatic carbocycles. The average Bonchev–Trinajstić information content (AvgIpc) is 3.28. The zero-order valence-corrected chi connectivity index (χ0v) is 38.7. The Morgan fingerprint density at radius 1 is 0.486 bits per heavy atom. The van der Waals surface area contributed by atoms with E-state index in [9.17, 15) is 63.3 Å². The lowest BCUT2D eigenvalue weighted by atomic mass is 10.0. The summed E-state index contributed by atoms with van der Waals surface area (Å²) < 4.78 is 0. The molecule has 28 heteroatoms. The fourth-order valence-corrected chi connectivity index (χ4v) is 6.20. The minimum absolute atomic E-state index is 0. The Labute approximate surface area is 407 Å². The molecule has 0 aliphatic carbocycles. The molecule has 7 amide bonds. The summed E-state index contributed by atoms with van der Waals surface area (Å²) in [6.45, 7) is -1.41. The van der Waals surface area contributed by atoms with Crippen LogP contribution in [0.25, 0.3) is 0 Å². The second-order valence-electron chi connectivity index (χ2n) is 15.3. The fraction of sp³-hybridized carbons (Fsp3) is 0.429. The molecule has 0 aliphatic heterocycles. The van der Waals surface area contributed by atoms with Gasteiger partial charge in [0.15, 0.2) is 11.9 Å². The summed E-state index contributed by atoms with van der Waals surface area (Å²) in [6, 6.07) is 7.25. The number of nitrogens with one attached hydrogen (secondary N) is 7. The molecular formula is C42H61ClN14O13. The predicted molar refractivity (Wildman–Crippen MR) is 253 cm³/mol. The van der Waals surface area contributed by atoms with Crippen LogP contribution < -0.4 is 65.9 Å². The number of nitrogens with two attached hydrogens (primary N) is 5. The van der Waals surface area contributed by atoms with Crippen LogP contribution in [0.4, 0.5) is 0 Å². The number of hydrogen-bond acceptors (Lipinski definition) is 13. The maximum atomic E-state index is 14.0. The van der Waals surface area contributed by atoms with Gasteiger partial charge in [0, 0.05) is 25.9 Å². The Morgan fingerprint density at radius 2 is 0.871 bits per heavy atom. The van der Waals surface area contributed by atoms with E-state index < -0.39 is 121 Å². The number of hydrogen-bond donors (Lipinski definition) is 15. The number of carbonyl (C=O) groups is 10. The van der Waals surface area contributed by atoms with Crippen LogP contribution in [0.3, 0.4) is 0 Å². The van der Waals surface area contributed by atoms with Crippen molar-refractivity contribution in [2.45, 2.75) is 87.6 Å². The van der Waals surface area contributed by atoms with Gasteiger partial charge in [-0.1, -0.05) is 60.7 Å². The topological polar surface area (TPSA) is 470 Å². The molecule has 2 aromatic rings. The molecule has 0 unspecified atom stereocenters. The summed E-state index contributed by atoms with van der Waals surface area (Å²) >= 11 is 0. The zero-order valence-electron chi connectivity index (χ0n) is 37.8. The summed E-state index contributed by atoms with van der Waals surface area (Å²) in [6.07, 6.45) is -1.94. The summed E-state index contributed by atoms with van der Waals surface area (Å²) in [4.78, 5) is 136. The van der Waals surface area contributed by atoms with Crippen molar-refractivity contribution in [3.05, 3.63) is 71.8 Å². The van der Waals surface area contributed by atoms with E-state index in [1.165, 1.54) is 0 Å². The van der Waals surface area contributed by atoms with Gasteiger partial charge in [0.05, 0.1) is 32.0 Å². The molecule has 20 N–H and O–H groups in total. The Hall–Kier alpha value is -8.07. The SMILES string of the molecule is Cl.NC(N)=NCCC[C@H](NC(=O)[C@H](Cc1ccccc1)NC(=O)[C@H](CC(=O)O)NC(=O)CNC(=O)[C@@H](N)CCCN=C(N)N)C(=O)NCC(=O)N[C@@H](CC(=O)O)C(=O)N[C@@H](Cc1ccccc1)C(=O)O. The van der Waals surface area contributed by atoms with Crippen LogP contribution in [-0.2, 0) is 60.8 Å². The third-order valence-corrected chi connectivity index (χ3v) is 9.60. The highest BCUT2D eigenvalue weighted by atomic mass is 35.5. The number of aliphatic imine (C=N–C) groups is 2. The molecule has 0 saturated carbocycles. The zero-order chi connectivity index (χ0) is 51.5. The lowest BCUT2D eigenvalue weighted by Crippen LogP contribution is -2.58. The molecular weight excluding hydrogens is 944 g/mol. The van der Waals surface area contributed by atoms with E-state index >= 15 is 0 Å². The van der Waals surface area contributed by atoms with E-state index in [1.807, 2.05) is 0 Å². The van der Waals surface area contributed by atoms with Crippen molar-refractivity contribution in [3.8, 4) is 0 Å². The molecule has 70 heavy (non-hydrogen) atoms. The van der Waals surface area contributed by atoms with Crippen molar-refractivity contribution < 1.29 is 63.3 Å². The van der Waals surface area contributed by atoms with Crippen LogP contribution in [0.5, 0.6) is 0 Å². The third kappa shape index (κ3) is 24.6. The lowest BCUT2D eigenvalue weighted by Gasteiger charge is -2.25. The van der Waals surface area contributed by atoms with Crippen molar-refractivity contribution >= 4 is 83.6 Å². The highest BCUT2D eigenvalue weighted by molar-refractivity contribution is 5.98. The summed E-state index contributed by atoms with van der Waals surface area (Å²) in [5.74, 6) is -11.9. The molecule has 0 saturated heterocycles. The van der Waals surface area contributed by atoms with Gasteiger partial charge in [0.25, 0.3) is 0 Å². The van der Waals surface area contributed by atoms with Gasteiger partial charge < -0.3 is 81.2 Å². The van der Waals surface area contributed by atoms with Crippen molar-refractivity contribution in [1.29, 1.82) is 0 Å². The van der Waals surface area contributed by atoms with E-state index in [2.05, 4.69) is 47.2 Å². The van der Waals surface area contributed by atoms with Crippen LogP contribution in [0.2, 0.25) is 0 Å². The minimum atomic E-state index is -1.78. The summed E-state index contributed by atoms with van der Waals surface area (Å²) in [5.41, 5.74) is 28.3. The van der Waals surface area contributed by atoms with E-state index in [0.29, 0.717) is 17.5 Å². The van der Waals surface area contributed by atoms with Crippen molar-refractivity contribution in [2.75, 3.05) is 26.2 Å². The van der Waals surface area contributed by atoms with E-state index in [4.69, 9.17) is 28.7 Å². The number of aliphatic carboxylic acids is 3. The lowest BCUT2D eigenvalue weighted by molar-refractivity contribution is -0.143.